The van der Waals surface area contributed by atoms with Crippen LogP contribution in [-0.4, -0.2) is 141 Å². The van der Waals surface area contributed by atoms with Crippen molar-refractivity contribution in [1.82, 2.24) is 20.9 Å². The van der Waals surface area contributed by atoms with E-state index >= 15 is 0 Å². The van der Waals surface area contributed by atoms with Gasteiger partial charge in [0.25, 0.3) is 0 Å². The molecule has 1 rings (SSSR count). The lowest BCUT2D eigenvalue weighted by Crippen LogP contribution is -2.36. The number of ether oxygens (including phenoxy) is 5. The Morgan fingerprint density at radius 2 is 1.51 bits per heavy atom. The van der Waals surface area contributed by atoms with Crippen molar-refractivity contribution in [2.24, 2.45) is 0 Å². The minimum absolute atomic E-state index is 0.0286. The topological polar surface area (TPSA) is 208 Å². The number of hydrogen-bond donors (Lipinski definition) is 4. The van der Waals surface area contributed by atoms with Gasteiger partial charge in [-0.1, -0.05) is 27.7 Å². The molecule has 0 aromatic heterocycles. The third kappa shape index (κ3) is 21.1. The number of hydrogen-bond acceptors (Lipinski definition) is 13. The molecule has 16 nitrogen and oxygen atoms in total. The molecule has 5 amide bonds. The highest BCUT2D eigenvalue weighted by molar-refractivity contribution is 8.01. The second-order valence-electron chi connectivity index (χ2n) is 12.1. The van der Waals surface area contributed by atoms with Crippen LogP contribution in [0.4, 0.5) is 0 Å². The zero-order valence-corrected chi connectivity index (χ0v) is 30.4. The van der Waals surface area contributed by atoms with Crippen LogP contribution in [0.2, 0.25) is 0 Å². The third-order valence-electron chi connectivity index (χ3n) is 6.88. The number of carbonyl (C=O) groups excluding carboxylic acids is 6. The number of carbonyl (C=O) groups is 6. The Bertz CT molecular complexity index is 1040. The number of aliphatic hydroxyl groups is 1. The summed E-state index contributed by atoms with van der Waals surface area (Å²) in [7, 11) is 1.41. The summed E-state index contributed by atoms with van der Waals surface area (Å²) in [6.07, 6.45) is 0.178. The number of aliphatic hydroxyl groups excluding tert-OH is 1. The maximum absolute atomic E-state index is 12.5. The van der Waals surface area contributed by atoms with E-state index < -0.39 is 23.6 Å². The summed E-state index contributed by atoms with van der Waals surface area (Å²) < 4.78 is 26.3. The second-order valence-corrected chi connectivity index (χ2v) is 14.2. The van der Waals surface area contributed by atoms with Gasteiger partial charge in [-0.25, -0.2) is 0 Å². The quantitative estimate of drug-likeness (QED) is 0.0390. The maximum Gasteiger partial charge on any atom is 0.305 e. The van der Waals surface area contributed by atoms with Crippen molar-refractivity contribution in [1.29, 1.82) is 0 Å². The minimum atomic E-state index is -0.785. The van der Waals surface area contributed by atoms with Gasteiger partial charge in [0.15, 0.2) is 6.29 Å². The summed E-state index contributed by atoms with van der Waals surface area (Å²) in [4.78, 5) is 73.8. The fourth-order valence-corrected chi connectivity index (χ4v) is 5.62. The van der Waals surface area contributed by atoms with Crippen molar-refractivity contribution in [2.75, 3.05) is 72.9 Å². The number of nitrogens with one attached hydrogen (secondary N) is 3. The Hall–Kier alpha value is -2.83. The first kappa shape index (κ1) is 44.2. The van der Waals surface area contributed by atoms with E-state index in [2.05, 4.69) is 16.0 Å². The molecule has 4 N–H and O–H groups in total. The molecule has 1 aliphatic heterocycles. The predicted molar refractivity (Wildman–Crippen MR) is 180 cm³/mol. The van der Waals surface area contributed by atoms with Crippen LogP contribution in [0.1, 0.15) is 72.6 Å². The molecule has 0 radical (unpaired) electrons. The predicted octanol–water partition coefficient (Wildman–Crippen LogP) is 0.281. The van der Waals surface area contributed by atoms with E-state index in [1.165, 1.54) is 23.8 Å². The van der Waals surface area contributed by atoms with Gasteiger partial charge in [0.1, 0.15) is 6.61 Å². The number of imide groups is 1. The molecular formula is C32H56N4O12S. The van der Waals surface area contributed by atoms with Crippen LogP contribution < -0.4 is 16.0 Å². The smallest absolute Gasteiger partial charge is 0.305 e. The van der Waals surface area contributed by atoms with E-state index in [9.17, 15) is 33.9 Å². The van der Waals surface area contributed by atoms with E-state index in [1.807, 2.05) is 27.7 Å². The van der Waals surface area contributed by atoms with Crippen LogP contribution in [0, 0.1) is 0 Å². The Morgan fingerprint density at radius 1 is 0.898 bits per heavy atom. The fraction of sp³-hybridized carbons (Fsp3) is 0.812. The van der Waals surface area contributed by atoms with E-state index in [0.717, 1.165) is 0 Å². The number of likely N-dealkylation sites (tertiary alicyclic amines) is 1. The van der Waals surface area contributed by atoms with Crippen LogP contribution in [0.3, 0.4) is 0 Å². The summed E-state index contributed by atoms with van der Waals surface area (Å²) in [5.41, 5.74) is 0. The van der Waals surface area contributed by atoms with E-state index in [1.54, 1.807) is 0 Å². The summed E-state index contributed by atoms with van der Waals surface area (Å²) in [5.74, 6) is -1.74. The van der Waals surface area contributed by atoms with Crippen LogP contribution in [-0.2, 0) is 52.5 Å². The number of rotatable bonds is 27. The molecule has 1 heterocycles. The van der Waals surface area contributed by atoms with Gasteiger partial charge in [-0.3, -0.25) is 33.7 Å². The van der Waals surface area contributed by atoms with Gasteiger partial charge in [-0.2, -0.15) is 0 Å². The minimum Gasteiger partial charge on any atom is -0.460 e. The van der Waals surface area contributed by atoms with Gasteiger partial charge in [0.2, 0.25) is 29.5 Å². The van der Waals surface area contributed by atoms with Crippen LogP contribution in [0.25, 0.3) is 0 Å². The van der Waals surface area contributed by atoms with Crippen LogP contribution in [0.5, 0.6) is 0 Å². The third-order valence-corrected chi connectivity index (χ3v) is 8.24. The molecular weight excluding hydrogens is 664 g/mol. The van der Waals surface area contributed by atoms with Gasteiger partial charge in [-0.15, -0.1) is 11.8 Å². The first-order valence-electron chi connectivity index (χ1n) is 16.7. The largest absolute Gasteiger partial charge is 0.460 e. The van der Waals surface area contributed by atoms with Crippen molar-refractivity contribution in [3.05, 3.63) is 0 Å². The molecule has 49 heavy (non-hydrogen) atoms. The van der Waals surface area contributed by atoms with Gasteiger partial charge in [0, 0.05) is 70.1 Å². The molecule has 17 heteroatoms. The summed E-state index contributed by atoms with van der Waals surface area (Å²) in [6.45, 7) is 9.33. The molecule has 0 spiro atoms. The van der Waals surface area contributed by atoms with Gasteiger partial charge in [0.05, 0.1) is 44.4 Å². The van der Waals surface area contributed by atoms with Crippen molar-refractivity contribution in [3.8, 4) is 0 Å². The highest BCUT2D eigenvalue weighted by atomic mass is 32.2. The normalized spacial score (nSPS) is 16.0. The van der Waals surface area contributed by atoms with Crippen LogP contribution >= 0.6 is 11.8 Å². The SMILES string of the molecule is CCC(CO)OC(COC(=O)CCCC(=O)NCCNC(=O)CCOCCOCCNC(=O)CCN1C(=O)CC(SC(C)(C)C)C1=O)OC. The molecule has 1 saturated heterocycles. The Balaban J connectivity index is 1.98. The first-order valence-corrected chi connectivity index (χ1v) is 17.6. The number of nitrogens with zero attached hydrogens (tertiary/aromatic N) is 1. The Morgan fingerprint density at radius 3 is 2.12 bits per heavy atom. The first-order chi connectivity index (χ1) is 23.3. The average molecular weight is 721 g/mol. The van der Waals surface area contributed by atoms with E-state index in [-0.39, 0.29) is 132 Å². The molecule has 0 aliphatic carbocycles. The standard InChI is InChI=1S/C32H56N4O12S/c1-6-23(21-37)48-30(44-5)22-47-29(42)9-7-8-25(38)33-12-13-34-27(40)11-16-45-18-19-46-17-14-35-26(39)10-15-36-28(41)20-24(31(36)43)49-32(2,3)4/h23-24,30,37H,6-22H2,1-5H3,(H,33,38)(H,34,40)(H,35,39). The fourth-order valence-electron chi connectivity index (χ4n) is 4.31. The van der Waals surface area contributed by atoms with Crippen LogP contribution in [0.15, 0.2) is 0 Å². The Kier molecular flexibility index (Phi) is 22.7. The molecule has 0 aromatic rings. The molecule has 1 aliphatic rings. The number of esters is 1. The monoisotopic (exact) mass is 720 g/mol. The zero-order chi connectivity index (χ0) is 36.7. The second kappa shape index (κ2) is 25.2. The van der Waals surface area contributed by atoms with E-state index in [0.29, 0.717) is 12.8 Å². The maximum atomic E-state index is 12.5. The molecule has 0 aromatic carbocycles. The van der Waals surface area contributed by atoms with E-state index in [4.69, 9.17) is 23.7 Å². The van der Waals surface area contributed by atoms with Crippen molar-refractivity contribution < 1.29 is 57.6 Å². The lowest BCUT2D eigenvalue weighted by Gasteiger charge is -2.21. The van der Waals surface area contributed by atoms with Crippen molar-refractivity contribution in [3.63, 3.8) is 0 Å². The molecule has 282 valence electrons. The van der Waals surface area contributed by atoms with Crippen molar-refractivity contribution in [2.45, 2.75) is 95.0 Å². The molecule has 3 atom stereocenters. The summed E-state index contributed by atoms with van der Waals surface area (Å²) in [6, 6.07) is 0. The summed E-state index contributed by atoms with van der Waals surface area (Å²) >= 11 is 1.46. The lowest BCUT2D eigenvalue weighted by molar-refractivity contribution is -0.194. The highest BCUT2D eigenvalue weighted by Gasteiger charge is 2.40. The van der Waals surface area contributed by atoms with Gasteiger partial charge in [-0.05, 0) is 12.8 Å². The molecule has 1 fully saturated rings. The number of amides is 5. The molecule has 0 saturated carbocycles. The van der Waals surface area contributed by atoms with Crippen molar-refractivity contribution >= 4 is 47.3 Å². The molecule has 0 bridgehead atoms. The van der Waals surface area contributed by atoms with Gasteiger partial charge < -0.3 is 44.7 Å². The Labute approximate surface area is 293 Å². The van der Waals surface area contributed by atoms with Gasteiger partial charge >= 0.3 is 5.97 Å². The lowest BCUT2D eigenvalue weighted by atomic mass is 10.2. The average Bonchev–Trinajstić information content (AvgIpc) is 3.30. The number of thioether (sulfide) groups is 1. The summed E-state index contributed by atoms with van der Waals surface area (Å²) in [5, 5.41) is 16.8. The molecule has 3 unspecified atom stereocenters. The zero-order valence-electron chi connectivity index (χ0n) is 29.5. The highest BCUT2D eigenvalue weighted by Crippen LogP contribution is 2.34. The number of methoxy groups -OCH3 is 1.